The number of hydrogen-bond acceptors (Lipinski definition) is 4. The number of hydrogen-bond donors (Lipinski definition) is 1. The van der Waals surface area contributed by atoms with Gasteiger partial charge in [-0.05, 0) is 45.7 Å². The lowest BCUT2D eigenvalue weighted by molar-refractivity contribution is -0.159. The van der Waals surface area contributed by atoms with Gasteiger partial charge in [0.15, 0.2) is 0 Å². The Labute approximate surface area is 140 Å². The summed E-state index contributed by atoms with van der Waals surface area (Å²) in [6.45, 7) is 5.69. The Morgan fingerprint density at radius 1 is 1.39 bits per heavy atom. The zero-order valence-electron chi connectivity index (χ0n) is 14.1. The van der Waals surface area contributed by atoms with E-state index in [1.54, 1.807) is 13.8 Å². The molecule has 0 saturated heterocycles. The van der Waals surface area contributed by atoms with Crippen LogP contribution in [0.5, 0.6) is 0 Å². The number of carbonyl (C=O) groups excluding carboxylic acids is 1. The molecule has 1 aliphatic rings. The maximum absolute atomic E-state index is 13.0. The van der Waals surface area contributed by atoms with Crippen LogP contribution in [0.25, 0.3) is 0 Å². The average molecular weight is 338 g/mol. The molecule has 1 fully saturated rings. The fourth-order valence-corrected chi connectivity index (χ4v) is 5.05. The highest BCUT2D eigenvalue weighted by Crippen LogP contribution is 2.39. The van der Waals surface area contributed by atoms with Crippen molar-refractivity contribution in [2.75, 3.05) is 6.61 Å². The summed E-state index contributed by atoms with van der Waals surface area (Å²) in [5.74, 6) is -1.09. The Hall–Kier alpha value is -1.20. The largest absolute Gasteiger partial charge is 0.466 e. The standard InChI is InChI=1S/C18H26O4S/c1-4-22-17(19)14(3)18(20)12-6-5-7-16(18)23(21)15-10-8-13(2)9-11-15/h8-11,14,16,20H,4-7,12H2,1-3H3. The van der Waals surface area contributed by atoms with Crippen LogP contribution in [0.2, 0.25) is 0 Å². The van der Waals surface area contributed by atoms with Gasteiger partial charge in [-0.25, -0.2) is 0 Å². The molecular weight excluding hydrogens is 312 g/mol. The van der Waals surface area contributed by atoms with Gasteiger partial charge in [0.05, 0.1) is 34.2 Å². The van der Waals surface area contributed by atoms with Crippen molar-refractivity contribution in [1.82, 2.24) is 0 Å². The molecular formula is C18H26O4S. The topological polar surface area (TPSA) is 63.6 Å². The molecule has 128 valence electrons. The summed E-state index contributed by atoms with van der Waals surface area (Å²) in [6, 6.07) is 7.53. The van der Waals surface area contributed by atoms with Crippen molar-refractivity contribution in [3.05, 3.63) is 29.8 Å². The molecule has 0 aliphatic heterocycles. The summed E-state index contributed by atoms with van der Waals surface area (Å²) >= 11 is 0. The molecule has 0 bridgehead atoms. The summed E-state index contributed by atoms with van der Waals surface area (Å²) < 4.78 is 18.1. The van der Waals surface area contributed by atoms with Crippen LogP contribution in [0.15, 0.2) is 29.2 Å². The second kappa shape index (κ2) is 7.58. The van der Waals surface area contributed by atoms with Crippen molar-refractivity contribution in [2.45, 2.75) is 62.2 Å². The van der Waals surface area contributed by atoms with Crippen LogP contribution in [-0.4, -0.2) is 32.7 Å². The first-order chi connectivity index (χ1) is 10.9. The molecule has 5 heteroatoms. The van der Waals surface area contributed by atoms with E-state index in [4.69, 9.17) is 4.74 Å². The summed E-state index contributed by atoms with van der Waals surface area (Å²) in [6.07, 6.45) is 2.89. The van der Waals surface area contributed by atoms with E-state index in [-0.39, 0.29) is 6.61 Å². The zero-order chi connectivity index (χ0) is 17.0. The van der Waals surface area contributed by atoms with Crippen molar-refractivity contribution in [3.63, 3.8) is 0 Å². The fourth-order valence-electron chi connectivity index (χ4n) is 3.24. The molecule has 1 N–H and O–H groups in total. The van der Waals surface area contributed by atoms with Gasteiger partial charge in [-0.1, -0.05) is 30.5 Å². The average Bonchev–Trinajstić information content (AvgIpc) is 2.55. The van der Waals surface area contributed by atoms with Crippen LogP contribution in [0, 0.1) is 12.8 Å². The molecule has 4 nitrogen and oxygen atoms in total. The summed E-state index contributed by atoms with van der Waals surface area (Å²) in [5, 5.41) is 10.7. The molecule has 0 aromatic heterocycles. The molecule has 4 atom stereocenters. The van der Waals surface area contributed by atoms with E-state index in [2.05, 4.69) is 0 Å². The van der Waals surface area contributed by atoms with E-state index in [1.165, 1.54) is 0 Å². The summed E-state index contributed by atoms with van der Waals surface area (Å²) in [7, 11) is -1.35. The molecule has 1 aromatic rings. The zero-order valence-corrected chi connectivity index (χ0v) is 14.9. The van der Waals surface area contributed by atoms with Crippen molar-refractivity contribution in [3.8, 4) is 0 Å². The van der Waals surface area contributed by atoms with E-state index < -0.39 is 33.5 Å². The molecule has 1 aromatic carbocycles. The van der Waals surface area contributed by atoms with E-state index in [1.807, 2.05) is 31.2 Å². The van der Waals surface area contributed by atoms with Gasteiger partial charge in [-0.15, -0.1) is 0 Å². The Morgan fingerprint density at radius 3 is 2.65 bits per heavy atom. The van der Waals surface area contributed by atoms with Gasteiger partial charge in [0.25, 0.3) is 0 Å². The van der Waals surface area contributed by atoms with E-state index in [0.29, 0.717) is 17.7 Å². The molecule has 0 heterocycles. The molecule has 23 heavy (non-hydrogen) atoms. The lowest BCUT2D eigenvalue weighted by atomic mass is 9.76. The van der Waals surface area contributed by atoms with E-state index in [0.717, 1.165) is 18.4 Å². The van der Waals surface area contributed by atoms with Gasteiger partial charge in [0.1, 0.15) is 0 Å². The molecule has 1 saturated carbocycles. The van der Waals surface area contributed by atoms with Crippen molar-refractivity contribution >= 4 is 16.8 Å². The number of aryl methyl sites for hydroxylation is 1. The Kier molecular flexibility index (Phi) is 5.98. The SMILES string of the molecule is CCOC(=O)C(C)C1(O)CCCCC1S(=O)c1ccc(C)cc1. The quantitative estimate of drug-likeness (QED) is 0.838. The normalized spacial score (nSPS) is 27.2. The Balaban J connectivity index is 2.28. The second-order valence-electron chi connectivity index (χ2n) is 6.31. The van der Waals surface area contributed by atoms with Crippen LogP contribution < -0.4 is 0 Å². The monoisotopic (exact) mass is 338 g/mol. The van der Waals surface area contributed by atoms with Gasteiger partial charge < -0.3 is 9.84 Å². The van der Waals surface area contributed by atoms with Crippen LogP contribution in [0.4, 0.5) is 0 Å². The lowest BCUT2D eigenvalue weighted by Gasteiger charge is -2.42. The molecule has 0 amide bonds. The van der Waals surface area contributed by atoms with E-state index in [9.17, 15) is 14.1 Å². The lowest BCUT2D eigenvalue weighted by Crippen LogP contribution is -2.54. The predicted octanol–water partition coefficient (Wildman–Crippen LogP) is 2.98. The third kappa shape index (κ3) is 3.83. The summed E-state index contributed by atoms with van der Waals surface area (Å²) in [5.41, 5.74) is -0.176. The first-order valence-electron chi connectivity index (χ1n) is 8.26. The molecule has 0 spiro atoms. The van der Waals surface area contributed by atoms with Crippen molar-refractivity contribution in [2.24, 2.45) is 5.92 Å². The molecule has 1 aliphatic carbocycles. The number of esters is 1. The first kappa shape index (κ1) is 18.1. The second-order valence-corrected chi connectivity index (χ2v) is 7.95. The number of benzene rings is 1. The minimum atomic E-state index is -1.35. The number of rotatable bonds is 5. The first-order valence-corrected chi connectivity index (χ1v) is 9.47. The van der Waals surface area contributed by atoms with Gasteiger partial charge in [0.2, 0.25) is 0 Å². The maximum atomic E-state index is 13.0. The smallest absolute Gasteiger partial charge is 0.311 e. The Morgan fingerprint density at radius 2 is 2.04 bits per heavy atom. The molecule has 0 radical (unpaired) electrons. The van der Waals surface area contributed by atoms with Gasteiger partial charge >= 0.3 is 5.97 Å². The highest BCUT2D eigenvalue weighted by atomic mass is 32.2. The van der Waals surface area contributed by atoms with Gasteiger partial charge in [-0.2, -0.15) is 0 Å². The highest BCUT2D eigenvalue weighted by Gasteiger charge is 2.49. The molecule has 4 unspecified atom stereocenters. The Bertz CT molecular complexity index is 569. The van der Waals surface area contributed by atoms with Crippen molar-refractivity contribution < 1.29 is 18.8 Å². The number of aliphatic hydroxyl groups is 1. The number of ether oxygens (including phenoxy) is 1. The fraction of sp³-hybridized carbons (Fsp3) is 0.611. The highest BCUT2D eigenvalue weighted by molar-refractivity contribution is 7.85. The van der Waals surface area contributed by atoms with Crippen LogP contribution in [-0.2, 0) is 20.3 Å². The predicted molar refractivity (Wildman–Crippen MR) is 90.6 cm³/mol. The van der Waals surface area contributed by atoms with E-state index >= 15 is 0 Å². The molecule has 2 rings (SSSR count). The number of carbonyl (C=O) groups is 1. The van der Waals surface area contributed by atoms with Crippen LogP contribution >= 0.6 is 0 Å². The van der Waals surface area contributed by atoms with Crippen LogP contribution in [0.1, 0.15) is 45.1 Å². The third-order valence-electron chi connectivity index (χ3n) is 4.75. The van der Waals surface area contributed by atoms with Gasteiger partial charge in [0, 0.05) is 4.90 Å². The maximum Gasteiger partial charge on any atom is 0.311 e. The third-order valence-corrected chi connectivity index (χ3v) is 6.65. The van der Waals surface area contributed by atoms with Crippen molar-refractivity contribution in [1.29, 1.82) is 0 Å². The minimum Gasteiger partial charge on any atom is -0.466 e. The summed E-state index contributed by atoms with van der Waals surface area (Å²) in [4.78, 5) is 12.8. The van der Waals surface area contributed by atoms with Crippen LogP contribution in [0.3, 0.4) is 0 Å². The van der Waals surface area contributed by atoms with Gasteiger partial charge in [-0.3, -0.25) is 9.00 Å². The minimum absolute atomic E-state index is 0.283.